The maximum Gasteiger partial charge on any atom is 0.326 e. The van der Waals surface area contributed by atoms with Crippen LogP contribution in [0.5, 0.6) is 0 Å². The Kier molecular flexibility index (Phi) is 5.93. The lowest BCUT2D eigenvalue weighted by Crippen LogP contribution is -2.44. The Labute approximate surface area is 152 Å². The molecule has 2 rings (SSSR count). The molecular formula is C15H17N5O5S. The van der Waals surface area contributed by atoms with Gasteiger partial charge in [0.25, 0.3) is 11.6 Å². The van der Waals surface area contributed by atoms with Gasteiger partial charge in [-0.3, -0.25) is 14.9 Å². The molecule has 1 atom stereocenters. The van der Waals surface area contributed by atoms with Gasteiger partial charge in [-0.05, 0) is 29.8 Å². The number of carboxylic acid groups (broad SMARTS) is 1. The third kappa shape index (κ3) is 4.36. The first-order valence-corrected chi connectivity index (χ1v) is 8.36. The summed E-state index contributed by atoms with van der Waals surface area (Å²) in [5, 5.41) is 30.9. The predicted octanol–water partition coefficient (Wildman–Crippen LogP) is 1.71. The third-order valence-electron chi connectivity index (χ3n) is 3.51. The second kappa shape index (κ2) is 7.95. The van der Waals surface area contributed by atoms with Crippen LogP contribution in [0.1, 0.15) is 24.2 Å². The van der Waals surface area contributed by atoms with Gasteiger partial charge in [-0.25, -0.2) is 4.79 Å². The van der Waals surface area contributed by atoms with Gasteiger partial charge < -0.3 is 15.0 Å². The number of nitrogens with one attached hydrogen (secondary N) is 1. The maximum absolute atomic E-state index is 12.3. The molecule has 0 saturated heterocycles. The zero-order valence-corrected chi connectivity index (χ0v) is 15.1. The van der Waals surface area contributed by atoms with Gasteiger partial charge in [-0.15, -0.1) is 10.2 Å². The molecule has 0 aliphatic rings. The van der Waals surface area contributed by atoms with Crippen LogP contribution in [0.15, 0.2) is 34.6 Å². The average Bonchev–Trinajstić information content (AvgIpc) is 2.96. The summed E-state index contributed by atoms with van der Waals surface area (Å²) in [6.07, 6.45) is 1.47. The fourth-order valence-electron chi connectivity index (χ4n) is 2.09. The van der Waals surface area contributed by atoms with Crippen LogP contribution in [0.3, 0.4) is 0 Å². The molecule has 138 valence electrons. The number of carbonyl (C=O) groups excluding carboxylic acids is 1. The van der Waals surface area contributed by atoms with Gasteiger partial charge in [0, 0.05) is 18.7 Å². The van der Waals surface area contributed by atoms with Crippen LogP contribution >= 0.6 is 11.8 Å². The Bertz CT molecular complexity index is 851. The molecule has 10 nitrogen and oxygen atoms in total. The molecule has 0 fully saturated rings. The van der Waals surface area contributed by atoms with Crippen molar-refractivity contribution in [2.45, 2.75) is 29.9 Å². The summed E-state index contributed by atoms with van der Waals surface area (Å²) in [4.78, 5) is 34.6. The molecule has 2 N–H and O–H groups in total. The predicted molar refractivity (Wildman–Crippen MR) is 92.0 cm³/mol. The lowest BCUT2D eigenvalue weighted by Gasteiger charge is -2.17. The van der Waals surface area contributed by atoms with Crippen LogP contribution in [0.4, 0.5) is 5.69 Å². The molecule has 0 saturated carbocycles. The molecule has 0 spiro atoms. The van der Waals surface area contributed by atoms with Gasteiger partial charge in [-0.2, -0.15) is 0 Å². The summed E-state index contributed by atoms with van der Waals surface area (Å²) in [6.45, 7) is 3.31. The van der Waals surface area contributed by atoms with E-state index in [0.717, 1.165) is 17.8 Å². The molecule has 11 heteroatoms. The number of nitrogens with zero attached hydrogens (tertiary/aromatic N) is 4. The van der Waals surface area contributed by atoms with E-state index in [2.05, 4.69) is 15.5 Å². The second-order valence-corrected chi connectivity index (χ2v) is 6.81. The molecule has 0 unspecified atom stereocenters. The summed E-state index contributed by atoms with van der Waals surface area (Å²) in [7, 11) is 1.70. The Morgan fingerprint density at radius 1 is 1.38 bits per heavy atom. The SMILES string of the molecule is CC(C)[C@@H](NC(=O)c1ccc(Sc2nncn2C)c([N+](=O)[O-])c1)C(=O)O. The number of aryl methyl sites for hydroxylation is 1. The second-order valence-electron chi connectivity index (χ2n) is 5.80. The molecule has 26 heavy (non-hydrogen) atoms. The fraction of sp³-hybridized carbons (Fsp3) is 0.333. The normalized spacial score (nSPS) is 12.0. The van der Waals surface area contributed by atoms with E-state index in [1.807, 2.05) is 0 Å². The fourth-order valence-corrected chi connectivity index (χ4v) is 2.94. The molecule has 2 aromatic rings. The van der Waals surface area contributed by atoms with E-state index in [1.54, 1.807) is 25.5 Å². The zero-order valence-electron chi connectivity index (χ0n) is 14.2. The Morgan fingerprint density at radius 2 is 2.08 bits per heavy atom. The van der Waals surface area contributed by atoms with Crippen molar-refractivity contribution >= 4 is 29.3 Å². The number of rotatable bonds is 7. The van der Waals surface area contributed by atoms with E-state index in [-0.39, 0.29) is 17.2 Å². The highest BCUT2D eigenvalue weighted by Gasteiger charge is 2.26. The van der Waals surface area contributed by atoms with Gasteiger partial charge in [0.1, 0.15) is 12.4 Å². The van der Waals surface area contributed by atoms with Crippen LogP contribution in [-0.4, -0.2) is 42.7 Å². The standard InChI is InChI=1S/C15H17N5O5S/c1-8(2)12(14(22)23)17-13(21)9-4-5-11(10(6-9)20(24)25)26-15-18-16-7-19(15)3/h4-8,12H,1-3H3,(H,17,21)(H,22,23)/t12-/m1/s1. The van der Waals surface area contributed by atoms with Crippen molar-refractivity contribution in [2.75, 3.05) is 0 Å². The highest BCUT2D eigenvalue weighted by atomic mass is 32.2. The number of hydrogen-bond acceptors (Lipinski definition) is 7. The quantitative estimate of drug-likeness (QED) is 0.547. The number of amides is 1. The number of carboxylic acids is 1. The number of carbonyl (C=O) groups is 2. The molecule has 1 heterocycles. The minimum atomic E-state index is -1.17. The van der Waals surface area contributed by atoms with Gasteiger partial charge in [0.05, 0.1) is 9.82 Å². The van der Waals surface area contributed by atoms with E-state index in [1.165, 1.54) is 18.5 Å². The van der Waals surface area contributed by atoms with Crippen LogP contribution in [0.2, 0.25) is 0 Å². The average molecular weight is 379 g/mol. The molecule has 0 aliphatic carbocycles. The lowest BCUT2D eigenvalue weighted by atomic mass is 10.0. The number of aliphatic carboxylic acids is 1. The van der Waals surface area contributed by atoms with E-state index < -0.39 is 22.8 Å². The number of nitro benzene ring substituents is 1. The molecule has 0 bridgehead atoms. The van der Waals surface area contributed by atoms with Crippen molar-refractivity contribution in [2.24, 2.45) is 13.0 Å². The zero-order chi connectivity index (χ0) is 19.4. The summed E-state index contributed by atoms with van der Waals surface area (Å²) in [6, 6.07) is 2.86. The number of hydrogen-bond donors (Lipinski definition) is 2. The topological polar surface area (TPSA) is 140 Å². The summed E-state index contributed by atoms with van der Waals surface area (Å²) in [5.74, 6) is -2.20. The van der Waals surface area contributed by atoms with Gasteiger partial charge in [-0.1, -0.05) is 13.8 Å². The highest BCUT2D eigenvalue weighted by Crippen LogP contribution is 2.34. The first-order valence-electron chi connectivity index (χ1n) is 7.54. The largest absolute Gasteiger partial charge is 0.480 e. The van der Waals surface area contributed by atoms with Gasteiger partial charge in [0.15, 0.2) is 5.16 Å². The molecule has 1 amide bonds. The van der Waals surface area contributed by atoms with Crippen LogP contribution in [0.25, 0.3) is 0 Å². The molecular weight excluding hydrogens is 362 g/mol. The molecule has 1 aromatic heterocycles. The van der Waals surface area contributed by atoms with Gasteiger partial charge in [0.2, 0.25) is 0 Å². The summed E-state index contributed by atoms with van der Waals surface area (Å²) < 4.78 is 1.61. The lowest BCUT2D eigenvalue weighted by molar-refractivity contribution is -0.387. The first-order chi connectivity index (χ1) is 12.2. The van der Waals surface area contributed by atoms with E-state index in [0.29, 0.717) is 10.1 Å². The molecule has 0 radical (unpaired) electrons. The Balaban J connectivity index is 2.30. The Hall–Kier alpha value is -2.95. The minimum Gasteiger partial charge on any atom is -0.480 e. The molecule has 1 aromatic carbocycles. The van der Waals surface area contributed by atoms with Crippen LogP contribution in [-0.2, 0) is 11.8 Å². The smallest absolute Gasteiger partial charge is 0.326 e. The summed E-state index contributed by atoms with van der Waals surface area (Å²) >= 11 is 1.04. The van der Waals surface area contributed by atoms with Crippen molar-refractivity contribution in [1.82, 2.24) is 20.1 Å². The first kappa shape index (κ1) is 19.4. The third-order valence-corrected chi connectivity index (χ3v) is 4.63. The van der Waals surface area contributed by atoms with Gasteiger partial charge >= 0.3 is 5.97 Å². The van der Waals surface area contributed by atoms with E-state index >= 15 is 0 Å². The van der Waals surface area contributed by atoms with E-state index in [9.17, 15) is 19.7 Å². The van der Waals surface area contributed by atoms with E-state index in [4.69, 9.17) is 5.11 Å². The van der Waals surface area contributed by atoms with Crippen molar-refractivity contribution in [3.05, 3.63) is 40.2 Å². The van der Waals surface area contributed by atoms with Crippen LogP contribution in [0, 0.1) is 16.0 Å². The monoisotopic (exact) mass is 379 g/mol. The van der Waals surface area contributed by atoms with Crippen molar-refractivity contribution < 1.29 is 19.6 Å². The Morgan fingerprint density at radius 3 is 2.58 bits per heavy atom. The van der Waals surface area contributed by atoms with Crippen molar-refractivity contribution in [3.8, 4) is 0 Å². The minimum absolute atomic E-state index is 0.00548. The number of benzene rings is 1. The number of aromatic nitrogens is 3. The maximum atomic E-state index is 12.3. The van der Waals surface area contributed by atoms with Crippen molar-refractivity contribution in [3.63, 3.8) is 0 Å². The highest BCUT2D eigenvalue weighted by molar-refractivity contribution is 7.99. The summed E-state index contributed by atoms with van der Waals surface area (Å²) in [5.41, 5.74) is -0.270. The number of nitro groups is 1. The van der Waals surface area contributed by atoms with Crippen LogP contribution < -0.4 is 5.32 Å². The molecule has 0 aliphatic heterocycles. The van der Waals surface area contributed by atoms with Crippen molar-refractivity contribution in [1.29, 1.82) is 0 Å².